The van der Waals surface area contributed by atoms with E-state index in [-0.39, 0.29) is 30.3 Å². The zero-order valence-electron chi connectivity index (χ0n) is 16.7. The van der Waals surface area contributed by atoms with Crippen LogP contribution in [0, 0.1) is 5.92 Å². The number of likely N-dealkylation sites (tertiary alicyclic amines) is 1. The maximum Gasteiger partial charge on any atom is 0.325 e. The number of imide groups is 1. The Hall–Kier alpha value is -2.31. The molecule has 2 aliphatic heterocycles. The van der Waals surface area contributed by atoms with E-state index in [1.165, 1.54) is 0 Å². The summed E-state index contributed by atoms with van der Waals surface area (Å²) in [5, 5.41) is 2.81. The van der Waals surface area contributed by atoms with Gasteiger partial charge in [-0.3, -0.25) is 14.5 Å². The van der Waals surface area contributed by atoms with E-state index in [9.17, 15) is 14.4 Å². The van der Waals surface area contributed by atoms with Gasteiger partial charge in [-0.2, -0.15) is 0 Å². The summed E-state index contributed by atoms with van der Waals surface area (Å²) in [4.78, 5) is 41.3. The molecule has 152 valence electrons. The smallest absolute Gasteiger partial charge is 0.325 e. The molecular formula is C21H29N3O4. The van der Waals surface area contributed by atoms with Crippen LogP contribution in [-0.4, -0.2) is 46.3 Å². The van der Waals surface area contributed by atoms with Gasteiger partial charge in [0.15, 0.2) is 0 Å². The van der Waals surface area contributed by atoms with Gasteiger partial charge in [0.05, 0.1) is 6.04 Å². The summed E-state index contributed by atoms with van der Waals surface area (Å²) in [5.41, 5.74) is -0.855. The maximum atomic E-state index is 13.2. The minimum Gasteiger partial charge on any atom is -0.464 e. The van der Waals surface area contributed by atoms with Crippen molar-refractivity contribution in [3.8, 4) is 0 Å². The lowest BCUT2D eigenvalue weighted by Gasteiger charge is -2.30. The largest absolute Gasteiger partial charge is 0.464 e. The Morgan fingerprint density at radius 1 is 1.21 bits per heavy atom. The molecule has 4 rings (SSSR count). The molecule has 3 heterocycles. The average molecular weight is 387 g/mol. The molecule has 3 aliphatic rings. The number of nitrogens with zero attached hydrogens (tertiary/aromatic N) is 2. The van der Waals surface area contributed by atoms with Gasteiger partial charge in [0.1, 0.15) is 23.6 Å². The van der Waals surface area contributed by atoms with E-state index in [1.54, 1.807) is 11.8 Å². The molecule has 4 amide bonds. The average Bonchev–Trinajstić information content (AvgIpc) is 3.44. The highest BCUT2D eigenvalue weighted by atomic mass is 16.3. The lowest BCUT2D eigenvalue weighted by Crippen LogP contribution is -2.47. The molecule has 1 saturated carbocycles. The molecule has 0 aromatic carbocycles. The van der Waals surface area contributed by atoms with Crippen molar-refractivity contribution < 1.29 is 18.8 Å². The number of carbonyl (C=O) groups is 3. The lowest BCUT2D eigenvalue weighted by molar-refractivity contribution is -0.140. The molecule has 7 nitrogen and oxygen atoms in total. The van der Waals surface area contributed by atoms with Gasteiger partial charge in [0.2, 0.25) is 5.91 Å². The van der Waals surface area contributed by atoms with Crippen LogP contribution in [0.15, 0.2) is 16.5 Å². The fourth-order valence-corrected chi connectivity index (χ4v) is 4.49. The number of furan rings is 1. The number of rotatable bonds is 5. The molecule has 0 bridgehead atoms. The second-order valence-corrected chi connectivity index (χ2v) is 8.41. The van der Waals surface area contributed by atoms with Crippen molar-refractivity contribution in [2.45, 2.75) is 70.4 Å². The van der Waals surface area contributed by atoms with Gasteiger partial charge in [-0.1, -0.05) is 19.8 Å². The standard InChI is InChI=1S/C21H29N3O4/c1-3-15-10-11-17(28-15)16-7-5-4-6-12-23(16)18(25)13-24-19(26)21(2,14-8-9-14)22-20(24)27/h10-11,14,16H,3-9,12-13H2,1-2H3,(H,22,27). The van der Waals surface area contributed by atoms with Crippen LogP contribution in [0.4, 0.5) is 4.79 Å². The summed E-state index contributed by atoms with van der Waals surface area (Å²) < 4.78 is 5.94. The lowest BCUT2D eigenvalue weighted by atomic mass is 9.96. The Bertz CT molecular complexity index is 784. The number of hydrogen-bond acceptors (Lipinski definition) is 4. The van der Waals surface area contributed by atoms with Crippen molar-refractivity contribution in [3.63, 3.8) is 0 Å². The molecule has 1 aromatic rings. The minimum absolute atomic E-state index is 0.133. The predicted octanol–water partition coefficient (Wildman–Crippen LogP) is 3.01. The van der Waals surface area contributed by atoms with E-state index in [4.69, 9.17) is 4.42 Å². The Morgan fingerprint density at radius 3 is 2.68 bits per heavy atom. The van der Waals surface area contributed by atoms with Crippen molar-refractivity contribution in [1.29, 1.82) is 0 Å². The van der Waals surface area contributed by atoms with Gasteiger partial charge in [-0.25, -0.2) is 4.79 Å². The van der Waals surface area contributed by atoms with Crippen molar-refractivity contribution in [2.75, 3.05) is 13.1 Å². The van der Waals surface area contributed by atoms with Crippen LogP contribution in [0.25, 0.3) is 0 Å². The number of urea groups is 1. The molecule has 1 aliphatic carbocycles. The molecule has 2 unspecified atom stereocenters. The van der Waals surface area contributed by atoms with Gasteiger partial charge < -0.3 is 14.6 Å². The predicted molar refractivity (Wildman–Crippen MR) is 102 cm³/mol. The van der Waals surface area contributed by atoms with Gasteiger partial charge in [0.25, 0.3) is 5.91 Å². The van der Waals surface area contributed by atoms with Gasteiger partial charge in [-0.05, 0) is 50.7 Å². The van der Waals surface area contributed by atoms with E-state index in [2.05, 4.69) is 5.32 Å². The third kappa shape index (κ3) is 3.31. The second kappa shape index (κ2) is 7.26. The zero-order valence-corrected chi connectivity index (χ0v) is 16.7. The highest BCUT2D eigenvalue weighted by molar-refractivity contribution is 6.09. The van der Waals surface area contributed by atoms with Gasteiger partial charge >= 0.3 is 6.03 Å². The fraction of sp³-hybridized carbons (Fsp3) is 0.667. The highest BCUT2D eigenvalue weighted by Gasteiger charge is 2.56. The van der Waals surface area contributed by atoms with E-state index in [0.717, 1.165) is 61.4 Å². The summed E-state index contributed by atoms with van der Waals surface area (Å²) >= 11 is 0. The molecule has 0 spiro atoms. The SMILES string of the molecule is CCc1ccc(C2CCCCCN2C(=O)CN2C(=O)NC(C)(C3CC3)C2=O)o1. The quantitative estimate of drug-likeness (QED) is 0.788. The first-order valence-electron chi connectivity index (χ1n) is 10.5. The van der Waals surface area contributed by atoms with E-state index in [0.29, 0.717) is 6.54 Å². The summed E-state index contributed by atoms with van der Waals surface area (Å²) in [6.07, 6.45) is 6.53. The van der Waals surface area contributed by atoms with E-state index >= 15 is 0 Å². The number of carbonyl (C=O) groups excluding carboxylic acids is 3. The van der Waals surface area contributed by atoms with Crippen molar-refractivity contribution in [1.82, 2.24) is 15.1 Å². The summed E-state index contributed by atoms with van der Waals surface area (Å²) in [6, 6.07) is 3.32. The molecule has 3 fully saturated rings. The Kier molecular flexibility index (Phi) is 4.93. The molecule has 1 N–H and O–H groups in total. The molecule has 1 aromatic heterocycles. The molecule has 7 heteroatoms. The van der Waals surface area contributed by atoms with E-state index in [1.807, 2.05) is 19.1 Å². The van der Waals surface area contributed by atoms with Crippen LogP contribution in [0.1, 0.15) is 69.9 Å². The van der Waals surface area contributed by atoms with Crippen LogP contribution in [0.2, 0.25) is 0 Å². The summed E-state index contributed by atoms with van der Waals surface area (Å²) in [5.74, 6) is 1.43. The van der Waals surface area contributed by atoms with Crippen LogP contribution in [-0.2, 0) is 16.0 Å². The van der Waals surface area contributed by atoms with Gasteiger partial charge in [-0.15, -0.1) is 0 Å². The second-order valence-electron chi connectivity index (χ2n) is 8.41. The van der Waals surface area contributed by atoms with Crippen molar-refractivity contribution in [2.24, 2.45) is 5.92 Å². The van der Waals surface area contributed by atoms with Crippen molar-refractivity contribution >= 4 is 17.8 Å². The molecule has 0 radical (unpaired) electrons. The van der Waals surface area contributed by atoms with Crippen LogP contribution in [0.3, 0.4) is 0 Å². The van der Waals surface area contributed by atoms with Crippen LogP contribution < -0.4 is 5.32 Å². The maximum absolute atomic E-state index is 13.2. The number of nitrogens with one attached hydrogen (secondary N) is 1. The first-order chi connectivity index (χ1) is 13.4. The molecule has 2 saturated heterocycles. The summed E-state index contributed by atoms with van der Waals surface area (Å²) in [7, 11) is 0. The Balaban J connectivity index is 1.51. The number of amides is 4. The third-order valence-electron chi connectivity index (χ3n) is 6.42. The summed E-state index contributed by atoms with van der Waals surface area (Å²) in [6.45, 7) is 4.23. The van der Waals surface area contributed by atoms with E-state index < -0.39 is 11.6 Å². The van der Waals surface area contributed by atoms with Crippen molar-refractivity contribution in [3.05, 3.63) is 23.7 Å². The first kappa shape index (κ1) is 19.0. The Labute approximate surface area is 165 Å². The third-order valence-corrected chi connectivity index (χ3v) is 6.42. The molecular weight excluding hydrogens is 358 g/mol. The highest BCUT2D eigenvalue weighted by Crippen LogP contribution is 2.42. The molecule has 2 atom stereocenters. The Morgan fingerprint density at radius 2 is 2.00 bits per heavy atom. The zero-order chi connectivity index (χ0) is 19.9. The monoisotopic (exact) mass is 387 g/mol. The fourth-order valence-electron chi connectivity index (χ4n) is 4.49. The van der Waals surface area contributed by atoms with Crippen LogP contribution in [0.5, 0.6) is 0 Å². The first-order valence-corrected chi connectivity index (χ1v) is 10.5. The molecule has 28 heavy (non-hydrogen) atoms. The number of aryl methyl sites for hydroxylation is 1. The van der Waals surface area contributed by atoms with Gasteiger partial charge in [0, 0.05) is 13.0 Å². The minimum atomic E-state index is -0.855. The normalized spacial score (nSPS) is 28.4. The topological polar surface area (TPSA) is 82.9 Å². The number of hydrogen-bond donors (Lipinski definition) is 1. The van der Waals surface area contributed by atoms with Crippen LogP contribution >= 0.6 is 0 Å².